The molecule has 0 unspecified atom stereocenters. The van der Waals surface area contributed by atoms with Crippen LogP contribution in [0.15, 0.2) is 29.8 Å². The zero-order valence-corrected chi connectivity index (χ0v) is 15.7. The normalized spacial score (nSPS) is 15.5. The molecule has 2 N–H and O–H groups in total. The number of amides is 1. The fourth-order valence-electron chi connectivity index (χ4n) is 3.22. The van der Waals surface area contributed by atoms with E-state index in [4.69, 9.17) is 5.84 Å². The van der Waals surface area contributed by atoms with Gasteiger partial charge in [0.05, 0.1) is 5.52 Å². The lowest BCUT2D eigenvalue weighted by Gasteiger charge is -2.29. The third-order valence-electron chi connectivity index (χ3n) is 4.74. The maximum atomic E-state index is 13.4. The van der Waals surface area contributed by atoms with Gasteiger partial charge in [-0.2, -0.15) is 13.2 Å². The van der Waals surface area contributed by atoms with Gasteiger partial charge >= 0.3 is 6.18 Å². The number of hydrazine groups is 1. The smallest absolute Gasteiger partial charge is 0.371 e. The first-order chi connectivity index (χ1) is 13.7. The zero-order chi connectivity index (χ0) is 21.2. The highest BCUT2D eigenvalue weighted by Crippen LogP contribution is 2.33. The molecule has 0 bridgehead atoms. The number of hydrogen-bond donors (Lipinski definition) is 1. The maximum Gasteiger partial charge on any atom is 0.451 e. The number of benzene rings is 1. The number of alkyl halides is 3. The molecule has 7 nitrogen and oxygen atoms in total. The van der Waals surface area contributed by atoms with E-state index >= 15 is 0 Å². The Morgan fingerprint density at radius 1 is 1.21 bits per heavy atom. The number of fused-ring (bicyclic) bond motifs is 1. The molecule has 10 heteroatoms. The lowest BCUT2D eigenvalue weighted by molar-refractivity contribution is -0.144. The summed E-state index contributed by atoms with van der Waals surface area (Å²) >= 11 is 0. The lowest BCUT2D eigenvalue weighted by Crippen LogP contribution is -2.39. The van der Waals surface area contributed by atoms with Gasteiger partial charge < -0.3 is 4.90 Å². The van der Waals surface area contributed by atoms with Crippen molar-refractivity contribution in [2.45, 2.75) is 32.4 Å². The van der Waals surface area contributed by atoms with Gasteiger partial charge in [-0.3, -0.25) is 9.59 Å². The van der Waals surface area contributed by atoms with Crippen LogP contribution in [0, 0.1) is 0 Å². The predicted octanol–water partition coefficient (Wildman–Crippen LogP) is 2.99. The first-order valence-corrected chi connectivity index (χ1v) is 9.07. The molecule has 1 aliphatic rings. The van der Waals surface area contributed by atoms with Gasteiger partial charge in [-0.1, -0.05) is 0 Å². The molecule has 0 atom stereocenters. The molecule has 1 amide bonds. The summed E-state index contributed by atoms with van der Waals surface area (Å²) in [5.74, 6) is 3.17. The fraction of sp³-hybridized carbons (Fsp3) is 0.368. The van der Waals surface area contributed by atoms with Crippen LogP contribution in [0.4, 0.5) is 24.7 Å². The summed E-state index contributed by atoms with van der Waals surface area (Å²) in [5, 5.41) is 0.711. The van der Waals surface area contributed by atoms with Gasteiger partial charge in [0.1, 0.15) is 6.29 Å². The molecule has 0 aliphatic carbocycles. The quantitative estimate of drug-likeness (QED) is 0.275. The molecule has 1 aromatic carbocycles. The third-order valence-corrected chi connectivity index (χ3v) is 4.74. The molecule has 0 spiro atoms. The van der Waals surface area contributed by atoms with Crippen molar-refractivity contribution in [3.8, 4) is 0 Å². The summed E-state index contributed by atoms with van der Waals surface area (Å²) in [6.07, 6.45) is -0.313. The van der Waals surface area contributed by atoms with E-state index in [0.29, 0.717) is 11.3 Å². The van der Waals surface area contributed by atoms with Crippen LogP contribution < -0.4 is 15.8 Å². The Kier molecular flexibility index (Phi) is 5.83. The Balaban J connectivity index is 2.13. The fourth-order valence-corrected chi connectivity index (χ4v) is 3.22. The molecule has 29 heavy (non-hydrogen) atoms. The molecular weight excluding hydrogens is 387 g/mol. The van der Waals surface area contributed by atoms with Crippen molar-refractivity contribution < 1.29 is 22.8 Å². The first-order valence-electron chi connectivity index (χ1n) is 9.07. The Morgan fingerprint density at radius 2 is 1.90 bits per heavy atom. The van der Waals surface area contributed by atoms with Crippen molar-refractivity contribution >= 4 is 34.6 Å². The molecule has 2 heterocycles. The monoisotopic (exact) mass is 407 g/mol. The van der Waals surface area contributed by atoms with Gasteiger partial charge in [-0.25, -0.2) is 20.8 Å². The molecule has 2 aromatic rings. The molecular formula is C19H20F3N5O2. The number of carbonyl (C=O) groups is 2. The summed E-state index contributed by atoms with van der Waals surface area (Å²) in [5.41, 5.74) is 0.750. The van der Waals surface area contributed by atoms with Crippen LogP contribution in [-0.4, -0.2) is 35.3 Å². The van der Waals surface area contributed by atoms with Crippen molar-refractivity contribution in [2.24, 2.45) is 5.84 Å². The van der Waals surface area contributed by atoms with E-state index in [0.717, 1.165) is 44.1 Å². The first kappa shape index (κ1) is 20.7. The van der Waals surface area contributed by atoms with Crippen molar-refractivity contribution in [3.63, 3.8) is 0 Å². The lowest BCUT2D eigenvalue weighted by atomic mass is 10.1. The summed E-state index contributed by atoms with van der Waals surface area (Å²) in [4.78, 5) is 32.2. The molecule has 1 fully saturated rings. The third kappa shape index (κ3) is 4.37. The number of hydrogen-bond acceptors (Lipinski definition) is 6. The van der Waals surface area contributed by atoms with Crippen molar-refractivity contribution in [1.29, 1.82) is 0 Å². The number of carbonyl (C=O) groups excluding carboxylic acids is 2. The van der Waals surface area contributed by atoms with Crippen molar-refractivity contribution in [3.05, 3.63) is 35.7 Å². The molecule has 0 radical (unpaired) electrons. The Hall–Kier alpha value is -3.01. The minimum atomic E-state index is -4.82. The van der Waals surface area contributed by atoms with Crippen LogP contribution in [0.5, 0.6) is 0 Å². The number of nitrogens with two attached hydrogens (primary N) is 1. The minimum Gasteiger partial charge on any atom is -0.371 e. The van der Waals surface area contributed by atoms with Crippen LogP contribution in [0.1, 0.15) is 32.0 Å². The van der Waals surface area contributed by atoms with Gasteiger partial charge in [0, 0.05) is 29.7 Å². The van der Waals surface area contributed by atoms with Crippen molar-refractivity contribution in [1.82, 2.24) is 9.97 Å². The van der Waals surface area contributed by atoms with E-state index in [1.807, 2.05) is 0 Å². The molecule has 154 valence electrons. The van der Waals surface area contributed by atoms with Gasteiger partial charge in [0.15, 0.2) is 5.82 Å². The van der Waals surface area contributed by atoms with E-state index in [-0.39, 0.29) is 22.3 Å². The molecule has 1 aliphatic heterocycles. The average molecular weight is 407 g/mol. The van der Waals surface area contributed by atoms with E-state index in [1.165, 1.54) is 6.92 Å². The summed E-state index contributed by atoms with van der Waals surface area (Å²) < 4.78 is 40.1. The second-order valence-electron chi connectivity index (χ2n) is 6.78. The average Bonchev–Trinajstić information content (AvgIpc) is 2.71. The van der Waals surface area contributed by atoms with Crippen LogP contribution >= 0.6 is 0 Å². The minimum absolute atomic E-state index is 0.0330. The van der Waals surface area contributed by atoms with E-state index in [1.54, 1.807) is 18.2 Å². The van der Waals surface area contributed by atoms with Crippen LogP contribution in [0.3, 0.4) is 0 Å². The number of rotatable bonds is 4. The SMILES string of the molecule is C/C(=C/C=O)C(=O)N(N)c1nc(C(F)(F)F)nc2cc(N3CCCCC3)ccc12. The predicted molar refractivity (Wildman–Crippen MR) is 102 cm³/mol. The molecule has 1 aromatic heterocycles. The summed E-state index contributed by atoms with van der Waals surface area (Å²) in [6.45, 7) is 2.96. The Labute approximate surface area is 165 Å². The van der Waals surface area contributed by atoms with Gasteiger partial charge in [-0.15, -0.1) is 0 Å². The van der Waals surface area contributed by atoms with Gasteiger partial charge in [0.25, 0.3) is 5.91 Å². The van der Waals surface area contributed by atoms with Gasteiger partial charge in [0.2, 0.25) is 5.82 Å². The summed E-state index contributed by atoms with van der Waals surface area (Å²) in [7, 11) is 0. The molecule has 1 saturated heterocycles. The van der Waals surface area contributed by atoms with E-state index in [9.17, 15) is 22.8 Å². The zero-order valence-electron chi connectivity index (χ0n) is 15.7. The largest absolute Gasteiger partial charge is 0.451 e. The molecule has 0 saturated carbocycles. The number of piperidine rings is 1. The number of anilines is 2. The van der Waals surface area contributed by atoms with E-state index < -0.39 is 17.9 Å². The summed E-state index contributed by atoms with van der Waals surface area (Å²) in [6, 6.07) is 4.86. The van der Waals surface area contributed by atoms with Crippen molar-refractivity contribution in [2.75, 3.05) is 23.0 Å². The number of halogens is 3. The van der Waals surface area contributed by atoms with Gasteiger partial charge in [-0.05, 0) is 50.5 Å². The van der Waals surface area contributed by atoms with E-state index in [2.05, 4.69) is 14.9 Å². The number of aromatic nitrogens is 2. The Morgan fingerprint density at radius 3 is 2.52 bits per heavy atom. The highest BCUT2D eigenvalue weighted by molar-refractivity contribution is 6.09. The second-order valence-corrected chi connectivity index (χ2v) is 6.78. The standard InChI is InChI=1S/C19H20F3N5O2/c1-12(7-10-28)17(29)27(23)16-14-6-5-13(26-8-3-2-4-9-26)11-15(14)24-18(25-16)19(20,21)22/h5-7,10-11H,2-4,8-9,23H2,1H3/b12-7-. The number of aldehydes is 1. The number of nitrogens with zero attached hydrogens (tertiary/aromatic N) is 4. The van der Waals surface area contributed by atoms with Crippen LogP contribution in [-0.2, 0) is 15.8 Å². The second kappa shape index (κ2) is 8.16. The topological polar surface area (TPSA) is 92.4 Å². The highest BCUT2D eigenvalue weighted by Gasteiger charge is 2.36. The molecule has 3 rings (SSSR count). The number of allylic oxidation sites excluding steroid dienone is 1. The van der Waals surface area contributed by atoms with Crippen LogP contribution in [0.2, 0.25) is 0 Å². The van der Waals surface area contributed by atoms with Crippen LogP contribution in [0.25, 0.3) is 10.9 Å². The highest BCUT2D eigenvalue weighted by atomic mass is 19.4. The maximum absolute atomic E-state index is 13.4. The Bertz CT molecular complexity index is 968.